The molecule has 1 heterocycles. The molecule has 0 aliphatic heterocycles. The molecule has 0 atom stereocenters. The molecule has 19 heavy (non-hydrogen) atoms. The Morgan fingerprint density at radius 3 is 2.84 bits per heavy atom. The van der Waals surface area contributed by atoms with Crippen molar-refractivity contribution in [1.82, 2.24) is 15.2 Å². The van der Waals surface area contributed by atoms with Crippen LogP contribution in [0.1, 0.15) is 30.6 Å². The molecule has 106 valence electrons. The van der Waals surface area contributed by atoms with Gasteiger partial charge in [0.05, 0.1) is 17.4 Å². The molecule has 0 saturated heterocycles. The first-order chi connectivity index (χ1) is 9.08. The summed E-state index contributed by atoms with van der Waals surface area (Å²) in [5, 5.41) is 3.00. The topological polar surface area (TPSA) is 71.2 Å². The molecule has 0 aromatic carbocycles. The van der Waals surface area contributed by atoms with E-state index in [4.69, 9.17) is 17.3 Å². The third kappa shape index (κ3) is 5.04. The van der Waals surface area contributed by atoms with Gasteiger partial charge in [-0.1, -0.05) is 25.4 Å². The van der Waals surface area contributed by atoms with Crippen LogP contribution in [0.25, 0.3) is 0 Å². The second-order valence-electron chi connectivity index (χ2n) is 4.30. The zero-order valence-electron chi connectivity index (χ0n) is 11.4. The van der Waals surface area contributed by atoms with Crippen LogP contribution in [0, 0.1) is 0 Å². The predicted molar refractivity (Wildman–Crippen MR) is 78.4 cm³/mol. The third-order valence-electron chi connectivity index (χ3n) is 2.81. The standard InChI is InChI=1S/C13H21ClN4O/c1-3-6-18(4-2)7-5-16-13(19)11-8-10(15)9-17-12(11)14/h8-9H,3-7,15H2,1-2H3,(H,16,19). The van der Waals surface area contributed by atoms with Gasteiger partial charge in [-0.05, 0) is 25.6 Å². The highest BCUT2D eigenvalue weighted by molar-refractivity contribution is 6.32. The monoisotopic (exact) mass is 284 g/mol. The molecule has 5 nitrogen and oxygen atoms in total. The number of carbonyl (C=O) groups excluding carboxylic acids is 1. The maximum Gasteiger partial charge on any atom is 0.254 e. The molecule has 1 aromatic heterocycles. The number of hydrogen-bond donors (Lipinski definition) is 2. The summed E-state index contributed by atoms with van der Waals surface area (Å²) in [4.78, 5) is 18.1. The largest absolute Gasteiger partial charge is 0.397 e. The van der Waals surface area contributed by atoms with E-state index in [2.05, 4.69) is 29.0 Å². The van der Waals surface area contributed by atoms with E-state index in [-0.39, 0.29) is 11.1 Å². The average Bonchev–Trinajstić information content (AvgIpc) is 2.40. The lowest BCUT2D eigenvalue weighted by Crippen LogP contribution is -2.35. The van der Waals surface area contributed by atoms with Gasteiger partial charge in [-0.25, -0.2) is 4.98 Å². The number of nitrogens with one attached hydrogen (secondary N) is 1. The zero-order chi connectivity index (χ0) is 14.3. The summed E-state index contributed by atoms with van der Waals surface area (Å²) in [7, 11) is 0. The summed E-state index contributed by atoms with van der Waals surface area (Å²) >= 11 is 5.87. The van der Waals surface area contributed by atoms with E-state index in [1.54, 1.807) is 0 Å². The van der Waals surface area contributed by atoms with Crippen molar-refractivity contribution in [1.29, 1.82) is 0 Å². The van der Waals surface area contributed by atoms with Crippen LogP contribution in [0.15, 0.2) is 12.3 Å². The zero-order valence-corrected chi connectivity index (χ0v) is 12.2. The number of hydrogen-bond acceptors (Lipinski definition) is 4. The lowest BCUT2D eigenvalue weighted by Gasteiger charge is -2.19. The summed E-state index contributed by atoms with van der Waals surface area (Å²) in [6.07, 6.45) is 2.53. The van der Waals surface area contributed by atoms with Crippen LogP contribution in [0.4, 0.5) is 5.69 Å². The molecule has 1 amide bonds. The van der Waals surface area contributed by atoms with Gasteiger partial charge in [0.2, 0.25) is 0 Å². The number of nitrogens with two attached hydrogens (primary N) is 1. The van der Waals surface area contributed by atoms with Crippen LogP contribution >= 0.6 is 11.6 Å². The number of anilines is 1. The van der Waals surface area contributed by atoms with E-state index in [9.17, 15) is 4.79 Å². The number of pyridine rings is 1. The Balaban J connectivity index is 2.49. The molecule has 0 spiro atoms. The molecule has 0 aliphatic carbocycles. The fraction of sp³-hybridized carbons (Fsp3) is 0.538. The first-order valence-electron chi connectivity index (χ1n) is 6.50. The highest BCUT2D eigenvalue weighted by atomic mass is 35.5. The molecule has 1 aromatic rings. The Morgan fingerprint density at radius 1 is 1.47 bits per heavy atom. The third-order valence-corrected chi connectivity index (χ3v) is 3.11. The van der Waals surface area contributed by atoms with Gasteiger partial charge in [0.1, 0.15) is 5.15 Å². The number of nitrogens with zero attached hydrogens (tertiary/aromatic N) is 2. The van der Waals surface area contributed by atoms with Crippen LogP contribution in [-0.4, -0.2) is 42.0 Å². The van der Waals surface area contributed by atoms with Crippen molar-refractivity contribution in [2.45, 2.75) is 20.3 Å². The van der Waals surface area contributed by atoms with Crippen LogP contribution < -0.4 is 11.1 Å². The number of nitrogen functional groups attached to an aromatic ring is 1. The Morgan fingerprint density at radius 2 is 2.21 bits per heavy atom. The summed E-state index contributed by atoms with van der Waals surface area (Å²) in [6.45, 7) is 7.66. The molecule has 0 unspecified atom stereocenters. The Bertz CT molecular complexity index is 425. The van der Waals surface area contributed by atoms with E-state index in [1.807, 2.05) is 0 Å². The quantitative estimate of drug-likeness (QED) is 0.749. The predicted octanol–water partition coefficient (Wildman–Crippen LogP) is 1.78. The van der Waals surface area contributed by atoms with E-state index in [0.717, 1.165) is 26.1 Å². The van der Waals surface area contributed by atoms with Gasteiger partial charge in [-0.3, -0.25) is 4.79 Å². The van der Waals surface area contributed by atoms with E-state index in [1.165, 1.54) is 12.3 Å². The summed E-state index contributed by atoms with van der Waals surface area (Å²) < 4.78 is 0. The number of carbonyl (C=O) groups is 1. The number of rotatable bonds is 7. The van der Waals surface area contributed by atoms with Crippen molar-refractivity contribution in [3.63, 3.8) is 0 Å². The molecule has 0 bridgehead atoms. The minimum atomic E-state index is -0.239. The highest BCUT2D eigenvalue weighted by Crippen LogP contribution is 2.15. The fourth-order valence-electron chi connectivity index (χ4n) is 1.79. The maximum atomic E-state index is 11.9. The molecule has 0 saturated carbocycles. The lowest BCUT2D eigenvalue weighted by molar-refractivity contribution is 0.0948. The van der Waals surface area contributed by atoms with Gasteiger partial charge in [0.25, 0.3) is 5.91 Å². The minimum absolute atomic E-state index is 0.174. The van der Waals surface area contributed by atoms with Gasteiger partial charge >= 0.3 is 0 Å². The molecule has 0 aliphatic rings. The first-order valence-corrected chi connectivity index (χ1v) is 6.87. The lowest BCUT2D eigenvalue weighted by atomic mass is 10.2. The fourth-order valence-corrected chi connectivity index (χ4v) is 1.98. The smallest absolute Gasteiger partial charge is 0.254 e. The van der Waals surface area contributed by atoms with Crippen LogP contribution in [0.5, 0.6) is 0 Å². The molecule has 3 N–H and O–H groups in total. The summed E-state index contributed by atoms with van der Waals surface area (Å²) in [5.41, 5.74) is 6.34. The second-order valence-corrected chi connectivity index (χ2v) is 4.66. The van der Waals surface area contributed by atoms with Gasteiger partial charge < -0.3 is 16.0 Å². The molecule has 0 fully saturated rings. The van der Waals surface area contributed by atoms with Crippen molar-refractivity contribution in [3.8, 4) is 0 Å². The van der Waals surface area contributed by atoms with Crippen LogP contribution in [-0.2, 0) is 0 Å². The normalized spacial score (nSPS) is 10.7. The maximum absolute atomic E-state index is 11.9. The molecular weight excluding hydrogens is 264 g/mol. The molecular formula is C13H21ClN4O. The van der Waals surface area contributed by atoms with Crippen molar-refractivity contribution in [2.24, 2.45) is 0 Å². The summed E-state index contributed by atoms with van der Waals surface area (Å²) in [6, 6.07) is 1.54. The first kappa shape index (κ1) is 15.7. The minimum Gasteiger partial charge on any atom is -0.397 e. The number of halogens is 1. The Labute approximate surface area is 119 Å². The number of amides is 1. The van der Waals surface area contributed by atoms with Gasteiger partial charge in [0.15, 0.2) is 0 Å². The number of aromatic nitrogens is 1. The van der Waals surface area contributed by atoms with Gasteiger partial charge in [-0.15, -0.1) is 0 Å². The SMILES string of the molecule is CCCN(CC)CCNC(=O)c1cc(N)cnc1Cl. The van der Waals surface area contributed by atoms with E-state index in [0.29, 0.717) is 17.8 Å². The van der Waals surface area contributed by atoms with E-state index >= 15 is 0 Å². The highest BCUT2D eigenvalue weighted by Gasteiger charge is 2.11. The summed E-state index contributed by atoms with van der Waals surface area (Å²) in [5.74, 6) is -0.239. The molecule has 1 rings (SSSR count). The van der Waals surface area contributed by atoms with Crippen molar-refractivity contribution in [2.75, 3.05) is 31.9 Å². The number of likely N-dealkylation sites (N-methyl/N-ethyl adjacent to an activating group) is 1. The van der Waals surface area contributed by atoms with Gasteiger partial charge in [0, 0.05) is 13.1 Å². The van der Waals surface area contributed by atoms with Crippen LogP contribution in [0.3, 0.4) is 0 Å². The molecule has 0 radical (unpaired) electrons. The van der Waals surface area contributed by atoms with Crippen molar-refractivity contribution in [3.05, 3.63) is 23.0 Å². The Kier molecular flexibility index (Phi) is 6.59. The Hall–Kier alpha value is -1.33. The van der Waals surface area contributed by atoms with Crippen molar-refractivity contribution >= 4 is 23.2 Å². The van der Waals surface area contributed by atoms with Crippen LogP contribution in [0.2, 0.25) is 5.15 Å². The van der Waals surface area contributed by atoms with Gasteiger partial charge in [-0.2, -0.15) is 0 Å². The average molecular weight is 285 g/mol. The van der Waals surface area contributed by atoms with Crippen molar-refractivity contribution < 1.29 is 4.79 Å². The second kappa shape index (κ2) is 7.96. The molecule has 6 heteroatoms. The van der Waals surface area contributed by atoms with E-state index < -0.39 is 0 Å².